The number of tetrazole rings is 1. The van der Waals surface area contributed by atoms with E-state index in [0.29, 0.717) is 24.0 Å². The third-order valence-electron chi connectivity index (χ3n) is 3.44. The summed E-state index contributed by atoms with van der Waals surface area (Å²) >= 11 is 0. The van der Waals surface area contributed by atoms with E-state index < -0.39 is 0 Å². The first-order valence-corrected chi connectivity index (χ1v) is 6.68. The van der Waals surface area contributed by atoms with Crippen molar-refractivity contribution >= 4 is 5.69 Å². The second-order valence-corrected chi connectivity index (χ2v) is 5.25. The molecule has 1 heterocycles. The van der Waals surface area contributed by atoms with Gasteiger partial charge in [0, 0.05) is 18.4 Å². The minimum absolute atomic E-state index is 0.0732. The number of hydrogen-bond acceptors (Lipinski definition) is 5. The standard InChI is InChI=1S/C14H21N5O/c1-9(2)12(8-20-4)19-14(16-17-18-19)13-10(3)6-5-7-11(13)15/h5-7,9,12H,8,15H2,1-4H3. The lowest BCUT2D eigenvalue weighted by atomic mass is 10.0. The molecule has 20 heavy (non-hydrogen) atoms. The molecule has 0 spiro atoms. The molecule has 1 aromatic carbocycles. The Hall–Kier alpha value is -1.95. The third kappa shape index (κ3) is 2.65. The van der Waals surface area contributed by atoms with Gasteiger partial charge in [0.2, 0.25) is 0 Å². The van der Waals surface area contributed by atoms with Crippen molar-refractivity contribution < 1.29 is 4.74 Å². The molecule has 0 aliphatic rings. The first kappa shape index (κ1) is 14.5. The lowest BCUT2D eigenvalue weighted by Crippen LogP contribution is -2.22. The molecule has 0 aliphatic carbocycles. The molecule has 1 atom stereocenters. The van der Waals surface area contributed by atoms with Crippen LogP contribution in [0.1, 0.15) is 25.5 Å². The molecule has 1 unspecified atom stereocenters. The third-order valence-corrected chi connectivity index (χ3v) is 3.44. The van der Waals surface area contributed by atoms with Gasteiger partial charge in [0.1, 0.15) is 0 Å². The molecule has 0 amide bonds. The fourth-order valence-corrected chi connectivity index (χ4v) is 2.29. The van der Waals surface area contributed by atoms with Crippen LogP contribution in [0.15, 0.2) is 18.2 Å². The summed E-state index contributed by atoms with van der Waals surface area (Å²) in [4.78, 5) is 0. The molecule has 2 rings (SSSR count). The number of benzene rings is 1. The number of anilines is 1. The molecule has 2 aromatic rings. The van der Waals surface area contributed by atoms with Crippen molar-refractivity contribution in [2.75, 3.05) is 19.5 Å². The molecule has 0 radical (unpaired) electrons. The summed E-state index contributed by atoms with van der Waals surface area (Å²) in [6.07, 6.45) is 0. The average molecular weight is 275 g/mol. The molecule has 0 bridgehead atoms. The summed E-state index contributed by atoms with van der Waals surface area (Å²) < 4.78 is 7.11. The fourth-order valence-electron chi connectivity index (χ4n) is 2.29. The maximum atomic E-state index is 6.09. The SMILES string of the molecule is COCC(C(C)C)n1nnnc1-c1c(C)cccc1N. The van der Waals surface area contributed by atoms with Gasteiger partial charge in [0.05, 0.1) is 12.6 Å². The quantitative estimate of drug-likeness (QED) is 0.845. The van der Waals surface area contributed by atoms with Crippen LogP contribution in [0, 0.1) is 12.8 Å². The lowest BCUT2D eigenvalue weighted by molar-refractivity contribution is 0.126. The monoisotopic (exact) mass is 275 g/mol. The number of aromatic nitrogens is 4. The van der Waals surface area contributed by atoms with Crippen LogP contribution < -0.4 is 5.73 Å². The topological polar surface area (TPSA) is 78.8 Å². The molecular weight excluding hydrogens is 254 g/mol. The van der Waals surface area contributed by atoms with Gasteiger partial charge in [-0.1, -0.05) is 26.0 Å². The molecule has 6 nitrogen and oxygen atoms in total. The minimum atomic E-state index is 0.0732. The number of nitrogen functional groups attached to an aromatic ring is 1. The van der Waals surface area contributed by atoms with Crippen molar-refractivity contribution in [2.45, 2.75) is 26.8 Å². The lowest BCUT2D eigenvalue weighted by Gasteiger charge is -2.21. The smallest absolute Gasteiger partial charge is 0.184 e. The Kier molecular flexibility index (Phi) is 4.34. The van der Waals surface area contributed by atoms with Crippen LogP contribution >= 0.6 is 0 Å². The predicted molar refractivity (Wildman–Crippen MR) is 78.2 cm³/mol. The molecular formula is C14H21N5O. The van der Waals surface area contributed by atoms with E-state index in [1.54, 1.807) is 7.11 Å². The highest BCUT2D eigenvalue weighted by Crippen LogP contribution is 2.30. The Labute approximate surface area is 118 Å². The molecule has 1 aromatic heterocycles. The zero-order chi connectivity index (χ0) is 14.7. The van der Waals surface area contributed by atoms with E-state index in [4.69, 9.17) is 10.5 Å². The van der Waals surface area contributed by atoms with Crippen molar-refractivity contribution in [3.63, 3.8) is 0 Å². The summed E-state index contributed by atoms with van der Waals surface area (Å²) in [5.41, 5.74) is 8.72. The van der Waals surface area contributed by atoms with Gasteiger partial charge in [-0.3, -0.25) is 0 Å². The van der Waals surface area contributed by atoms with Crippen LogP contribution in [0.2, 0.25) is 0 Å². The van der Waals surface area contributed by atoms with E-state index in [2.05, 4.69) is 29.4 Å². The van der Waals surface area contributed by atoms with Crippen molar-refractivity contribution in [1.29, 1.82) is 0 Å². The van der Waals surface area contributed by atoms with Crippen LogP contribution in [0.3, 0.4) is 0 Å². The van der Waals surface area contributed by atoms with E-state index in [-0.39, 0.29) is 6.04 Å². The number of aryl methyl sites for hydroxylation is 1. The summed E-state index contributed by atoms with van der Waals surface area (Å²) in [6, 6.07) is 5.87. The summed E-state index contributed by atoms with van der Waals surface area (Å²) in [5, 5.41) is 12.1. The molecule has 108 valence electrons. The maximum Gasteiger partial charge on any atom is 0.184 e. The van der Waals surface area contributed by atoms with Crippen molar-refractivity contribution in [3.05, 3.63) is 23.8 Å². The summed E-state index contributed by atoms with van der Waals surface area (Å²) in [6.45, 7) is 6.81. The Bertz CT molecular complexity index is 558. The minimum Gasteiger partial charge on any atom is -0.398 e. The average Bonchev–Trinajstić information content (AvgIpc) is 2.84. The van der Waals surface area contributed by atoms with E-state index >= 15 is 0 Å². The molecule has 0 saturated carbocycles. The van der Waals surface area contributed by atoms with Crippen LogP contribution in [-0.2, 0) is 4.74 Å². The van der Waals surface area contributed by atoms with Crippen molar-refractivity contribution in [1.82, 2.24) is 20.2 Å². The van der Waals surface area contributed by atoms with E-state index in [9.17, 15) is 0 Å². The number of hydrogen-bond donors (Lipinski definition) is 1. The van der Waals surface area contributed by atoms with Gasteiger partial charge < -0.3 is 10.5 Å². The Morgan fingerprint density at radius 2 is 2.10 bits per heavy atom. The number of nitrogens with zero attached hydrogens (tertiary/aromatic N) is 4. The molecule has 2 N–H and O–H groups in total. The second kappa shape index (κ2) is 6.00. The van der Waals surface area contributed by atoms with Gasteiger partial charge >= 0.3 is 0 Å². The highest BCUT2D eigenvalue weighted by Gasteiger charge is 2.23. The van der Waals surface area contributed by atoms with E-state index in [1.165, 1.54) is 0 Å². The molecule has 0 saturated heterocycles. The van der Waals surface area contributed by atoms with Gasteiger partial charge in [-0.25, -0.2) is 4.68 Å². The number of ether oxygens (including phenoxy) is 1. The zero-order valence-electron chi connectivity index (χ0n) is 12.4. The van der Waals surface area contributed by atoms with E-state index in [1.807, 2.05) is 29.8 Å². The fraction of sp³-hybridized carbons (Fsp3) is 0.500. The zero-order valence-corrected chi connectivity index (χ0v) is 12.4. The van der Waals surface area contributed by atoms with Crippen molar-refractivity contribution in [3.8, 4) is 11.4 Å². The van der Waals surface area contributed by atoms with Crippen LogP contribution in [0.25, 0.3) is 11.4 Å². The summed E-state index contributed by atoms with van der Waals surface area (Å²) in [5.74, 6) is 1.04. The number of rotatable bonds is 5. The van der Waals surface area contributed by atoms with Gasteiger partial charge in [-0.05, 0) is 34.9 Å². The maximum absolute atomic E-state index is 6.09. The Balaban J connectivity index is 2.52. The van der Waals surface area contributed by atoms with Crippen LogP contribution in [-0.4, -0.2) is 33.9 Å². The molecule has 0 aliphatic heterocycles. The van der Waals surface area contributed by atoms with Gasteiger partial charge in [-0.15, -0.1) is 5.10 Å². The number of methoxy groups -OCH3 is 1. The van der Waals surface area contributed by atoms with Gasteiger partial charge in [0.15, 0.2) is 5.82 Å². The predicted octanol–water partition coefficient (Wildman–Crippen LogP) is 2.07. The van der Waals surface area contributed by atoms with Crippen LogP contribution in [0.4, 0.5) is 5.69 Å². The normalized spacial score (nSPS) is 12.8. The largest absolute Gasteiger partial charge is 0.398 e. The molecule has 0 fully saturated rings. The highest BCUT2D eigenvalue weighted by molar-refractivity contribution is 5.74. The van der Waals surface area contributed by atoms with Crippen LogP contribution in [0.5, 0.6) is 0 Å². The second-order valence-electron chi connectivity index (χ2n) is 5.25. The van der Waals surface area contributed by atoms with Crippen molar-refractivity contribution in [2.24, 2.45) is 5.92 Å². The van der Waals surface area contributed by atoms with Gasteiger partial charge in [-0.2, -0.15) is 0 Å². The van der Waals surface area contributed by atoms with E-state index in [0.717, 1.165) is 11.1 Å². The highest BCUT2D eigenvalue weighted by atomic mass is 16.5. The Morgan fingerprint density at radius 1 is 1.35 bits per heavy atom. The summed E-state index contributed by atoms with van der Waals surface area (Å²) in [7, 11) is 1.68. The number of nitrogens with two attached hydrogens (primary N) is 1. The first-order valence-electron chi connectivity index (χ1n) is 6.68. The van der Waals surface area contributed by atoms with Gasteiger partial charge in [0.25, 0.3) is 0 Å². The molecule has 6 heteroatoms. The first-order chi connectivity index (χ1) is 9.56. The Morgan fingerprint density at radius 3 is 2.70 bits per heavy atom.